The molecule has 0 saturated carbocycles. The summed E-state index contributed by atoms with van der Waals surface area (Å²) in [6, 6.07) is 3.65. The standard InChI is InChI=1S/C14H22ClNOS/c1-5-14(6-2,16(7-3)8-4)13(17)11-9-10-12(15)18-11/h9-10H,5-8H2,1-4H3. The molecule has 102 valence electrons. The molecule has 0 bridgehead atoms. The number of nitrogens with zero attached hydrogens (tertiary/aromatic N) is 1. The van der Waals surface area contributed by atoms with E-state index in [1.807, 2.05) is 6.07 Å². The van der Waals surface area contributed by atoms with Crippen LogP contribution in [-0.2, 0) is 0 Å². The van der Waals surface area contributed by atoms with Gasteiger partial charge < -0.3 is 0 Å². The van der Waals surface area contributed by atoms with Crippen LogP contribution in [0.2, 0.25) is 4.34 Å². The first-order valence-corrected chi connectivity index (χ1v) is 7.80. The van der Waals surface area contributed by atoms with Crippen molar-refractivity contribution in [3.8, 4) is 0 Å². The third kappa shape index (κ3) is 2.79. The second-order valence-electron chi connectivity index (χ2n) is 4.34. The Hall–Kier alpha value is -0.380. The molecule has 0 fully saturated rings. The molecule has 0 amide bonds. The molecule has 1 heterocycles. The molecule has 0 aliphatic rings. The van der Waals surface area contributed by atoms with Crippen molar-refractivity contribution in [3.63, 3.8) is 0 Å². The highest BCUT2D eigenvalue weighted by molar-refractivity contribution is 7.18. The van der Waals surface area contributed by atoms with Crippen LogP contribution < -0.4 is 0 Å². The predicted octanol–water partition coefficient (Wildman–Crippen LogP) is 4.48. The number of hydrogen-bond donors (Lipinski definition) is 0. The first-order valence-electron chi connectivity index (χ1n) is 6.60. The molecule has 0 spiro atoms. The third-order valence-corrected chi connectivity index (χ3v) is 4.99. The van der Waals surface area contributed by atoms with E-state index in [4.69, 9.17) is 11.6 Å². The maximum atomic E-state index is 12.8. The third-order valence-electron chi connectivity index (χ3n) is 3.76. The van der Waals surface area contributed by atoms with Crippen LogP contribution in [0.3, 0.4) is 0 Å². The Kier molecular flexibility index (Phi) is 5.83. The fourth-order valence-corrected chi connectivity index (χ4v) is 3.73. The van der Waals surface area contributed by atoms with Gasteiger partial charge in [-0.25, -0.2) is 0 Å². The zero-order chi connectivity index (χ0) is 13.8. The van der Waals surface area contributed by atoms with Crippen molar-refractivity contribution < 1.29 is 4.79 Å². The normalized spacial score (nSPS) is 12.1. The zero-order valence-corrected chi connectivity index (χ0v) is 13.2. The summed E-state index contributed by atoms with van der Waals surface area (Å²) in [6.45, 7) is 10.2. The van der Waals surface area contributed by atoms with E-state index in [1.165, 1.54) is 11.3 Å². The van der Waals surface area contributed by atoms with E-state index in [1.54, 1.807) is 6.07 Å². The van der Waals surface area contributed by atoms with E-state index in [2.05, 4.69) is 32.6 Å². The molecular formula is C14H22ClNOS. The Morgan fingerprint density at radius 3 is 2.11 bits per heavy atom. The van der Waals surface area contributed by atoms with Gasteiger partial charge in [0.25, 0.3) is 0 Å². The van der Waals surface area contributed by atoms with Gasteiger partial charge >= 0.3 is 0 Å². The molecule has 1 aromatic rings. The molecule has 1 rings (SSSR count). The van der Waals surface area contributed by atoms with Crippen LogP contribution in [0.4, 0.5) is 0 Å². The van der Waals surface area contributed by atoms with Crippen LogP contribution in [0.1, 0.15) is 50.2 Å². The van der Waals surface area contributed by atoms with Crippen molar-refractivity contribution in [2.24, 2.45) is 0 Å². The van der Waals surface area contributed by atoms with Crippen LogP contribution in [0.5, 0.6) is 0 Å². The van der Waals surface area contributed by atoms with E-state index in [0.717, 1.165) is 30.8 Å². The van der Waals surface area contributed by atoms with Gasteiger partial charge in [-0.05, 0) is 38.1 Å². The van der Waals surface area contributed by atoms with E-state index in [9.17, 15) is 4.79 Å². The Morgan fingerprint density at radius 1 is 1.22 bits per heavy atom. The Labute approximate surface area is 119 Å². The summed E-state index contributed by atoms with van der Waals surface area (Å²) in [6.07, 6.45) is 1.67. The van der Waals surface area contributed by atoms with E-state index >= 15 is 0 Å². The quantitative estimate of drug-likeness (QED) is 0.689. The van der Waals surface area contributed by atoms with Crippen LogP contribution in [-0.4, -0.2) is 29.3 Å². The molecule has 4 heteroatoms. The van der Waals surface area contributed by atoms with Gasteiger partial charge in [-0.2, -0.15) is 0 Å². The lowest BCUT2D eigenvalue weighted by molar-refractivity contribution is 0.0539. The van der Waals surface area contributed by atoms with Crippen molar-refractivity contribution in [1.29, 1.82) is 0 Å². The maximum absolute atomic E-state index is 12.8. The molecule has 0 aromatic carbocycles. The van der Waals surface area contributed by atoms with Crippen LogP contribution in [0.25, 0.3) is 0 Å². The Morgan fingerprint density at radius 2 is 1.78 bits per heavy atom. The molecular weight excluding hydrogens is 266 g/mol. The fraction of sp³-hybridized carbons (Fsp3) is 0.643. The molecule has 0 aliphatic carbocycles. The summed E-state index contributed by atoms with van der Waals surface area (Å²) < 4.78 is 0.680. The van der Waals surface area contributed by atoms with Crippen molar-refractivity contribution in [2.45, 2.75) is 46.1 Å². The average molecular weight is 288 g/mol. The van der Waals surface area contributed by atoms with E-state index in [-0.39, 0.29) is 11.3 Å². The zero-order valence-electron chi connectivity index (χ0n) is 11.6. The summed E-state index contributed by atoms with van der Waals surface area (Å²) >= 11 is 7.32. The van der Waals surface area contributed by atoms with Gasteiger partial charge in [0.15, 0.2) is 5.78 Å². The van der Waals surface area contributed by atoms with E-state index < -0.39 is 0 Å². The lowest BCUT2D eigenvalue weighted by atomic mass is 9.85. The Balaban J connectivity index is 3.15. The SMILES string of the molecule is CCN(CC)C(CC)(CC)C(=O)c1ccc(Cl)s1. The molecule has 0 N–H and O–H groups in total. The first kappa shape index (κ1) is 15.7. The number of Topliss-reactive ketones (excluding diaryl/α,β-unsaturated/α-hetero) is 1. The lowest BCUT2D eigenvalue weighted by Gasteiger charge is -2.40. The minimum Gasteiger partial charge on any atom is -0.291 e. The number of likely N-dealkylation sites (N-methyl/N-ethyl adjacent to an activating group) is 1. The Bertz CT molecular complexity index is 394. The molecule has 0 unspecified atom stereocenters. The first-order chi connectivity index (χ1) is 8.55. The van der Waals surface area contributed by atoms with Gasteiger partial charge in [-0.3, -0.25) is 9.69 Å². The van der Waals surface area contributed by atoms with Crippen molar-refractivity contribution in [3.05, 3.63) is 21.3 Å². The number of hydrogen-bond acceptors (Lipinski definition) is 3. The average Bonchev–Trinajstić information content (AvgIpc) is 2.82. The number of halogens is 1. The maximum Gasteiger partial charge on any atom is 0.192 e. The molecule has 0 radical (unpaired) electrons. The van der Waals surface area contributed by atoms with Crippen molar-refractivity contribution in [2.75, 3.05) is 13.1 Å². The molecule has 0 atom stereocenters. The van der Waals surface area contributed by atoms with Crippen molar-refractivity contribution in [1.82, 2.24) is 4.90 Å². The second-order valence-corrected chi connectivity index (χ2v) is 6.06. The highest BCUT2D eigenvalue weighted by Crippen LogP contribution is 2.32. The number of thiophene rings is 1. The molecule has 18 heavy (non-hydrogen) atoms. The smallest absolute Gasteiger partial charge is 0.192 e. The summed E-state index contributed by atoms with van der Waals surface area (Å²) in [5.74, 6) is 0.216. The van der Waals surface area contributed by atoms with Gasteiger partial charge in [0.1, 0.15) is 0 Å². The summed E-state index contributed by atoms with van der Waals surface area (Å²) in [7, 11) is 0. The second kappa shape index (κ2) is 6.69. The van der Waals surface area contributed by atoms with Crippen LogP contribution in [0, 0.1) is 0 Å². The topological polar surface area (TPSA) is 20.3 Å². The van der Waals surface area contributed by atoms with Gasteiger partial charge in [-0.1, -0.05) is 39.3 Å². The highest BCUT2D eigenvalue weighted by Gasteiger charge is 2.40. The van der Waals surface area contributed by atoms with Crippen LogP contribution >= 0.6 is 22.9 Å². The lowest BCUT2D eigenvalue weighted by Crippen LogP contribution is -2.53. The minimum absolute atomic E-state index is 0.216. The molecule has 2 nitrogen and oxygen atoms in total. The number of ketones is 1. The van der Waals surface area contributed by atoms with Crippen molar-refractivity contribution >= 4 is 28.7 Å². The monoisotopic (exact) mass is 287 g/mol. The fourth-order valence-electron chi connectivity index (χ4n) is 2.66. The molecule has 1 aromatic heterocycles. The number of rotatable bonds is 7. The van der Waals surface area contributed by atoms with Gasteiger partial charge in [0, 0.05) is 0 Å². The van der Waals surface area contributed by atoms with Gasteiger partial charge in [0.2, 0.25) is 0 Å². The number of carbonyl (C=O) groups is 1. The summed E-state index contributed by atoms with van der Waals surface area (Å²) in [4.78, 5) is 15.9. The summed E-state index contributed by atoms with van der Waals surface area (Å²) in [5.41, 5.74) is -0.377. The number of carbonyl (C=O) groups excluding carboxylic acids is 1. The van der Waals surface area contributed by atoms with Gasteiger partial charge in [-0.15, -0.1) is 11.3 Å². The summed E-state index contributed by atoms with van der Waals surface area (Å²) in [5, 5.41) is 0. The van der Waals surface area contributed by atoms with E-state index in [0.29, 0.717) is 4.34 Å². The van der Waals surface area contributed by atoms with Gasteiger partial charge in [0.05, 0.1) is 14.8 Å². The minimum atomic E-state index is -0.377. The highest BCUT2D eigenvalue weighted by atomic mass is 35.5. The largest absolute Gasteiger partial charge is 0.291 e. The van der Waals surface area contributed by atoms with Crippen LogP contribution in [0.15, 0.2) is 12.1 Å². The predicted molar refractivity (Wildman–Crippen MR) is 79.9 cm³/mol. The molecule has 0 saturated heterocycles. The molecule has 0 aliphatic heterocycles.